The lowest BCUT2D eigenvalue weighted by atomic mass is 9.97. The van der Waals surface area contributed by atoms with Crippen LogP contribution < -0.4 is 5.73 Å². The van der Waals surface area contributed by atoms with Crippen LogP contribution in [0, 0.1) is 0 Å². The Morgan fingerprint density at radius 2 is 1.55 bits per heavy atom. The van der Waals surface area contributed by atoms with Gasteiger partial charge in [0.15, 0.2) is 0 Å². The summed E-state index contributed by atoms with van der Waals surface area (Å²) < 4.78 is 5.80. The molecule has 0 saturated heterocycles. The van der Waals surface area contributed by atoms with Crippen molar-refractivity contribution < 1.29 is 14.3 Å². The van der Waals surface area contributed by atoms with Crippen LogP contribution in [0.2, 0.25) is 0 Å². The number of esters is 1. The first-order valence-corrected chi connectivity index (χ1v) is 10.8. The van der Waals surface area contributed by atoms with E-state index in [1.54, 1.807) is 17.0 Å². The zero-order valence-corrected chi connectivity index (χ0v) is 18.9. The van der Waals surface area contributed by atoms with Gasteiger partial charge in [-0.05, 0) is 41.0 Å². The molecular weight excluding hydrogens is 456 g/mol. The fourth-order valence-corrected chi connectivity index (χ4v) is 3.74. The second-order valence-electron chi connectivity index (χ2n) is 7.08. The Bertz CT molecular complexity index is 1010. The molecule has 0 fully saturated rings. The van der Waals surface area contributed by atoms with Crippen LogP contribution in [0.25, 0.3) is 11.1 Å². The first kappa shape index (κ1) is 22.7. The van der Waals surface area contributed by atoms with E-state index in [4.69, 9.17) is 10.5 Å². The predicted molar refractivity (Wildman–Crippen MR) is 125 cm³/mol. The van der Waals surface area contributed by atoms with Gasteiger partial charge in [-0.25, -0.2) is 0 Å². The summed E-state index contributed by atoms with van der Waals surface area (Å²) in [5.74, 6) is -0.568. The molecular formula is C25H25BrN2O3. The van der Waals surface area contributed by atoms with Gasteiger partial charge in [0.25, 0.3) is 5.91 Å². The number of ether oxygens (including phenoxy) is 1. The maximum absolute atomic E-state index is 13.3. The first-order chi connectivity index (χ1) is 15.0. The maximum atomic E-state index is 13.3. The molecule has 2 N–H and O–H groups in total. The number of nitrogens with two attached hydrogens (primary N) is 1. The summed E-state index contributed by atoms with van der Waals surface area (Å²) >= 11 is 3.39. The molecule has 3 aromatic carbocycles. The van der Waals surface area contributed by atoms with Crippen molar-refractivity contribution in [1.82, 2.24) is 4.90 Å². The molecule has 1 atom stereocenters. The molecule has 160 valence electrons. The predicted octanol–water partition coefficient (Wildman–Crippen LogP) is 4.82. The first-order valence-electron chi connectivity index (χ1n) is 10.0. The van der Waals surface area contributed by atoms with Crippen molar-refractivity contribution in [2.24, 2.45) is 5.73 Å². The van der Waals surface area contributed by atoms with Crippen LogP contribution in [0.1, 0.15) is 28.4 Å². The summed E-state index contributed by atoms with van der Waals surface area (Å²) in [6, 6.07) is 24.6. The van der Waals surface area contributed by atoms with Gasteiger partial charge in [0.2, 0.25) is 0 Å². The summed E-state index contributed by atoms with van der Waals surface area (Å²) in [6.45, 7) is 0.596. The molecule has 0 aliphatic carbocycles. The minimum Gasteiger partial charge on any atom is -0.469 e. The Kier molecular flexibility index (Phi) is 7.98. The number of rotatable bonds is 8. The molecule has 3 rings (SSSR count). The number of carbonyl (C=O) groups is 2. The van der Waals surface area contributed by atoms with Crippen LogP contribution in [0.5, 0.6) is 0 Å². The van der Waals surface area contributed by atoms with Gasteiger partial charge >= 0.3 is 5.97 Å². The largest absolute Gasteiger partial charge is 0.469 e. The molecule has 6 heteroatoms. The number of halogens is 1. The van der Waals surface area contributed by atoms with Crippen LogP contribution in [0.15, 0.2) is 83.3 Å². The summed E-state index contributed by atoms with van der Waals surface area (Å²) in [5, 5.41) is 0. The fourth-order valence-electron chi connectivity index (χ4n) is 3.47. The summed E-state index contributed by atoms with van der Waals surface area (Å²) in [4.78, 5) is 27.2. The second kappa shape index (κ2) is 10.9. The van der Waals surface area contributed by atoms with E-state index < -0.39 is 6.04 Å². The number of carbonyl (C=O) groups excluding carboxylic acids is 2. The van der Waals surface area contributed by atoms with Gasteiger partial charge in [0, 0.05) is 23.1 Å². The number of hydrogen-bond acceptors (Lipinski definition) is 4. The zero-order chi connectivity index (χ0) is 22.2. The van der Waals surface area contributed by atoms with Crippen LogP contribution in [-0.4, -0.2) is 37.0 Å². The molecule has 31 heavy (non-hydrogen) atoms. The summed E-state index contributed by atoms with van der Waals surface area (Å²) in [5.41, 5.74) is 9.38. The minimum atomic E-state index is -0.489. The lowest BCUT2D eigenvalue weighted by Gasteiger charge is -2.31. The molecule has 0 spiro atoms. The number of hydrogen-bond donors (Lipinski definition) is 1. The third kappa shape index (κ3) is 5.81. The molecule has 0 saturated carbocycles. The molecule has 5 nitrogen and oxygen atoms in total. The smallest absolute Gasteiger partial charge is 0.307 e. The minimum absolute atomic E-state index is 0.0451. The molecule has 0 bridgehead atoms. The zero-order valence-electron chi connectivity index (χ0n) is 17.3. The van der Waals surface area contributed by atoms with E-state index in [-0.39, 0.29) is 24.8 Å². The number of nitrogens with zero attached hydrogens (tertiary/aromatic N) is 1. The van der Waals surface area contributed by atoms with E-state index in [0.717, 1.165) is 21.2 Å². The summed E-state index contributed by atoms with van der Waals surface area (Å²) in [7, 11) is 1.35. The van der Waals surface area contributed by atoms with Gasteiger partial charge in [-0.1, -0.05) is 70.5 Å². The highest BCUT2D eigenvalue weighted by atomic mass is 79.9. The maximum Gasteiger partial charge on any atom is 0.307 e. The fraction of sp³-hybridized carbons (Fsp3) is 0.200. The Hall–Kier alpha value is -2.96. The average molecular weight is 481 g/mol. The van der Waals surface area contributed by atoms with E-state index >= 15 is 0 Å². The van der Waals surface area contributed by atoms with Crippen molar-refractivity contribution in [3.8, 4) is 11.1 Å². The van der Waals surface area contributed by atoms with E-state index in [1.807, 2.05) is 66.7 Å². The Labute approximate surface area is 191 Å². The van der Waals surface area contributed by atoms with E-state index in [2.05, 4.69) is 15.9 Å². The van der Waals surface area contributed by atoms with Gasteiger partial charge in [-0.15, -0.1) is 0 Å². The highest BCUT2D eigenvalue weighted by Gasteiger charge is 2.28. The van der Waals surface area contributed by atoms with Gasteiger partial charge in [-0.3, -0.25) is 9.59 Å². The average Bonchev–Trinajstić information content (AvgIpc) is 2.82. The molecule has 3 aromatic rings. The van der Waals surface area contributed by atoms with Gasteiger partial charge in [0.1, 0.15) is 0 Å². The van der Waals surface area contributed by atoms with Crippen LogP contribution in [0.3, 0.4) is 0 Å². The normalized spacial score (nSPS) is 11.6. The molecule has 0 aliphatic rings. The SMILES string of the molecule is COC(=O)CC(c1ccc(-c2ccccc2)cc1)N(CCN)C(=O)c1ccc(Br)cc1. The molecule has 0 aliphatic heterocycles. The lowest BCUT2D eigenvalue weighted by Crippen LogP contribution is -2.39. The van der Waals surface area contributed by atoms with Crippen molar-refractivity contribution in [3.63, 3.8) is 0 Å². The molecule has 1 unspecified atom stereocenters. The number of amides is 1. The van der Waals surface area contributed by atoms with E-state index in [0.29, 0.717) is 12.1 Å². The summed E-state index contributed by atoms with van der Waals surface area (Å²) in [6.07, 6.45) is 0.0451. The Balaban J connectivity index is 1.96. The molecule has 0 radical (unpaired) electrons. The molecule has 0 heterocycles. The highest BCUT2D eigenvalue weighted by molar-refractivity contribution is 9.10. The van der Waals surface area contributed by atoms with Gasteiger partial charge in [-0.2, -0.15) is 0 Å². The molecule has 0 aromatic heterocycles. The topological polar surface area (TPSA) is 72.6 Å². The second-order valence-corrected chi connectivity index (χ2v) is 7.99. The third-order valence-corrected chi connectivity index (χ3v) is 5.62. The van der Waals surface area contributed by atoms with E-state index in [9.17, 15) is 9.59 Å². The van der Waals surface area contributed by atoms with E-state index in [1.165, 1.54) is 7.11 Å². The van der Waals surface area contributed by atoms with Crippen molar-refractivity contribution in [3.05, 3.63) is 94.5 Å². The third-order valence-electron chi connectivity index (χ3n) is 5.09. The van der Waals surface area contributed by atoms with Crippen LogP contribution in [0.4, 0.5) is 0 Å². The van der Waals surface area contributed by atoms with Crippen molar-refractivity contribution >= 4 is 27.8 Å². The monoisotopic (exact) mass is 480 g/mol. The quantitative estimate of drug-likeness (QED) is 0.469. The van der Waals surface area contributed by atoms with Crippen molar-refractivity contribution in [1.29, 1.82) is 0 Å². The van der Waals surface area contributed by atoms with Gasteiger partial charge in [0.05, 0.1) is 19.6 Å². The Morgan fingerprint density at radius 1 is 0.935 bits per heavy atom. The molecule has 1 amide bonds. The van der Waals surface area contributed by atoms with Crippen molar-refractivity contribution in [2.45, 2.75) is 12.5 Å². The van der Waals surface area contributed by atoms with Crippen molar-refractivity contribution in [2.75, 3.05) is 20.2 Å². The standard InChI is InChI=1S/C25H25BrN2O3/c1-31-24(29)17-23(20-9-7-19(8-10-20)18-5-3-2-4-6-18)28(16-15-27)25(30)21-11-13-22(26)14-12-21/h2-14,23H,15-17,27H2,1H3. The van der Waals surface area contributed by atoms with Crippen LogP contribution >= 0.6 is 15.9 Å². The number of methoxy groups -OCH3 is 1. The van der Waals surface area contributed by atoms with Gasteiger partial charge < -0.3 is 15.4 Å². The Morgan fingerprint density at radius 3 is 2.13 bits per heavy atom. The number of benzene rings is 3. The van der Waals surface area contributed by atoms with Crippen LogP contribution in [-0.2, 0) is 9.53 Å². The lowest BCUT2D eigenvalue weighted by molar-refractivity contribution is -0.141. The highest BCUT2D eigenvalue weighted by Crippen LogP contribution is 2.29.